The lowest BCUT2D eigenvalue weighted by Gasteiger charge is -2.49. The second kappa shape index (κ2) is 9.47. The third-order valence-corrected chi connectivity index (χ3v) is 7.12. The molecule has 1 saturated carbocycles. The minimum absolute atomic E-state index is 0.0108. The fourth-order valence-electron chi connectivity index (χ4n) is 4.96. The Morgan fingerprint density at radius 3 is 2.68 bits per heavy atom. The number of piperidine rings is 2. The molecule has 1 aromatic rings. The van der Waals surface area contributed by atoms with Gasteiger partial charge < -0.3 is 14.5 Å². The zero-order valence-electron chi connectivity index (χ0n) is 18.7. The first kappa shape index (κ1) is 22.6. The maximum atomic E-state index is 13.6. The van der Waals surface area contributed by atoms with Gasteiger partial charge in [-0.3, -0.25) is 14.5 Å². The van der Waals surface area contributed by atoms with E-state index in [0.29, 0.717) is 32.2 Å². The molecule has 0 radical (unpaired) electrons. The summed E-state index contributed by atoms with van der Waals surface area (Å²) in [6.45, 7) is 3.92. The molecule has 2 amide bonds. The lowest BCUT2D eigenvalue weighted by atomic mass is 9.72. The summed E-state index contributed by atoms with van der Waals surface area (Å²) in [4.78, 5) is 31.8. The van der Waals surface area contributed by atoms with Crippen molar-refractivity contribution in [2.24, 2.45) is 11.3 Å². The molecule has 31 heavy (non-hydrogen) atoms. The van der Waals surface area contributed by atoms with Gasteiger partial charge in [0.25, 0.3) is 0 Å². The van der Waals surface area contributed by atoms with Gasteiger partial charge in [0.15, 0.2) is 0 Å². The average molecular weight is 448 g/mol. The van der Waals surface area contributed by atoms with Crippen molar-refractivity contribution in [1.29, 1.82) is 0 Å². The van der Waals surface area contributed by atoms with Crippen LogP contribution in [0.25, 0.3) is 0 Å². The van der Waals surface area contributed by atoms with Crippen molar-refractivity contribution in [3.63, 3.8) is 0 Å². The molecule has 3 fully saturated rings. The van der Waals surface area contributed by atoms with Crippen LogP contribution < -0.4 is 0 Å². The lowest BCUT2D eigenvalue weighted by molar-refractivity contribution is -0.162. The molecule has 1 aliphatic carbocycles. The van der Waals surface area contributed by atoms with Crippen molar-refractivity contribution in [2.75, 3.05) is 46.8 Å². The summed E-state index contributed by atoms with van der Waals surface area (Å²) >= 11 is 6.00. The van der Waals surface area contributed by atoms with Gasteiger partial charge in [0.05, 0.1) is 24.7 Å². The number of hydrogen-bond donors (Lipinski definition) is 0. The molecule has 4 rings (SSSR count). The second-order valence-electron chi connectivity index (χ2n) is 9.80. The van der Waals surface area contributed by atoms with Gasteiger partial charge in [-0.05, 0) is 62.3 Å². The van der Waals surface area contributed by atoms with Crippen LogP contribution in [0.3, 0.4) is 0 Å². The molecule has 2 atom stereocenters. The highest BCUT2D eigenvalue weighted by atomic mass is 35.5. The Labute approximate surface area is 190 Å². The van der Waals surface area contributed by atoms with Gasteiger partial charge in [0, 0.05) is 38.8 Å². The van der Waals surface area contributed by atoms with E-state index >= 15 is 0 Å². The van der Waals surface area contributed by atoms with Crippen molar-refractivity contribution >= 4 is 23.4 Å². The summed E-state index contributed by atoms with van der Waals surface area (Å²) in [6.07, 6.45) is 4.99. The Morgan fingerprint density at radius 1 is 1.26 bits per heavy atom. The number of ether oxygens (including phenoxy) is 1. The number of rotatable bonds is 7. The van der Waals surface area contributed by atoms with Crippen LogP contribution in [0.4, 0.5) is 0 Å². The van der Waals surface area contributed by atoms with Gasteiger partial charge in [0.1, 0.15) is 0 Å². The zero-order chi connectivity index (χ0) is 22.0. The maximum absolute atomic E-state index is 13.6. The van der Waals surface area contributed by atoms with Crippen LogP contribution in [0.2, 0.25) is 5.02 Å². The standard InChI is InChI=1S/C24H34ClN3O3/c1-26(2)22(29)15-27-11-3-10-24(17-27)12-21(14-28(23(24)30)13-18-4-5-18)31-16-19-6-8-20(25)9-7-19/h6-9,18,21H,3-5,10-17H2,1-2H3/t21-,24+/m0/s1. The first-order valence-corrected chi connectivity index (χ1v) is 11.8. The second-order valence-corrected chi connectivity index (χ2v) is 10.2. The molecule has 1 spiro atoms. The zero-order valence-corrected chi connectivity index (χ0v) is 19.4. The molecule has 0 bridgehead atoms. The topological polar surface area (TPSA) is 53.1 Å². The molecule has 7 heteroatoms. The van der Waals surface area contributed by atoms with Gasteiger partial charge >= 0.3 is 0 Å². The Balaban J connectivity index is 1.46. The molecule has 0 N–H and O–H groups in total. The molecule has 2 heterocycles. The highest BCUT2D eigenvalue weighted by molar-refractivity contribution is 6.30. The summed E-state index contributed by atoms with van der Waals surface area (Å²) in [5.41, 5.74) is 0.647. The molecule has 2 aliphatic heterocycles. The van der Waals surface area contributed by atoms with Crippen LogP contribution in [0.1, 0.15) is 37.7 Å². The maximum Gasteiger partial charge on any atom is 0.236 e. The predicted molar refractivity (Wildman–Crippen MR) is 121 cm³/mol. The first-order chi connectivity index (χ1) is 14.8. The van der Waals surface area contributed by atoms with E-state index in [-0.39, 0.29) is 17.9 Å². The third-order valence-electron chi connectivity index (χ3n) is 6.87. The van der Waals surface area contributed by atoms with Gasteiger partial charge in [-0.2, -0.15) is 0 Å². The Hall–Kier alpha value is -1.63. The monoisotopic (exact) mass is 447 g/mol. The normalized spacial score (nSPS) is 27.0. The number of hydrogen-bond acceptors (Lipinski definition) is 4. The van der Waals surface area contributed by atoms with Crippen molar-refractivity contribution in [3.05, 3.63) is 34.9 Å². The Kier molecular flexibility index (Phi) is 6.89. The number of benzene rings is 1. The molecule has 0 unspecified atom stereocenters. The van der Waals surface area contributed by atoms with Gasteiger partial charge in [-0.1, -0.05) is 23.7 Å². The van der Waals surface area contributed by atoms with Crippen molar-refractivity contribution < 1.29 is 14.3 Å². The number of halogens is 1. The van der Waals surface area contributed by atoms with Crippen LogP contribution in [-0.4, -0.2) is 79.4 Å². The van der Waals surface area contributed by atoms with Crippen molar-refractivity contribution in [1.82, 2.24) is 14.7 Å². The number of nitrogens with zero attached hydrogens (tertiary/aromatic N) is 3. The fraction of sp³-hybridized carbons (Fsp3) is 0.667. The highest BCUT2D eigenvalue weighted by Crippen LogP contribution is 2.42. The molecule has 6 nitrogen and oxygen atoms in total. The van der Waals surface area contributed by atoms with Gasteiger partial charge in [-0.15, -0.1) is 0 Å². The molecule has 0 aromatic heterocycles. The molecular formula is C24H34ClN3O3. The number of carbonyl (C=O) groups is 2. The van der Waals surface area contributed by atoms with Crippen LogP contribution in [0.5, 0.6) is 0 Å². The summed E-state index contributed by atoms with van der Waals surface area (Å²) < 4.78 is 6.34. The van der Waals surface area contributed by atoms with Crippen LogP contribution in [-0.2, 0) is 20.9 Å². The van der Waals surface area contributed by atoms with E-state index in [9.17, 15) is 9.59 Å². The van der Waals surface area contributed by atoms with Crippen LogP contribution in [0.15, 0.2) is 24.3 Å². The SMILES string of the molecule is CN(C)C(=O)CN1CCC[C@@]2(C[C@H](OCc3ccc(Cl)cc3)CN(CC3CC3)C2=O)C1. The van der Waals surface area contributed by atoms with Crippen molar-refractivity contribution in [2.45, 2.75) is 44.8 Å². The van der Waals surface area contributed by atoms with Crippen LogP contribution in [0, 0.1) is 11.3 Å². The summed E-state index contributed by atoms with van der Waals surface area (Å²) in [6, 6.07) is 7.74. The molecule has 170 valence electrons. The Bertz CT molecular complexity index is 796. The van der Waals surface area contributed by atoms with E-state index in [2.05, 4.69) is 9.80 Å². The van der Waals surface area contributed by atoms with E-state index in [0.717, 1.165) is 42.9 Å². The molecule has 1 aromatic carbocycles. The smallest absolute Gasteiger partial charge is 0.236 e. The lowest BCUT2D eigenvalue weighted by Crippen LogP contribution is -2.61. The summed E-state index contributed by atoms with van der Waals surface area (Å²) in [5, 5.41) is 0.719. The van der Waals surface area contributed by atoms with E-state index in [4.69, 9.17) is 16.3 Å². The predicted octanol–water partition coefficient (Wildman–Crippen LogP) is 3.04. The highest BCUT2D eigenvalue weighted by Gasteiger charge is 2.50. The first-order valence-electron chi connectivity index (χ1n) is 11.4. The summed E-state index contributed by atoms with van der Waals surface area (Å²) in [5.74, 6) is 1.00. The molecule has 2 saturated heterocycles. The molecular weight excluding hydrogens is 414 g/mol. The minimum atomic E-state index is -0.442. The van der Waals surface area contributed by atoms with Gasteiger partial charge in [0.2, 0.25) is 11.8 Å². The average Bonchev–Trinajstić information content (AvgIpc) is 3.55. The largest absolute Gasteiger partial charge is 0.372 e. The third kappa shape index (κ3) is 5.60. The Morgan fingerprint density at radius 2 is 2.00 bits per heavy atom. The van der Waals surface area contributed by atoms with Crippen LogP contribution >= 0.6 is 11.6 Å². The van der Waals surface area contributed by atoms with E-state index in [1.807, 2.05) is 24.3 Å². The number of likely N-dealkylation sites (tertiary alicyclic amines) is 2. The van der Waals surface area contributed by atoms with Crippen molar-refractivity contribution in [3.8, 4) is 0 Å². The summed E-state index contributed by atoms with van der Waals surface area (Å²) in [7, 11) is 3.57. The fourth-order valence-corrected chi connectivity index (χ4v) is 5.09. The van der Waals surface area contributed by atoms with E-state index < -0.39 is 5.41 Å². The number of likely N-dealkylation sites (N-methyl/N-ethyl adjacent to an activating group) is 1. The van der Waals surface area contributed by atoms with E-state index in [1.165, 1.54) is 12.8 Å². The minimum Gasteiger partial charge on any atom is -0.372 e. The molecule has 3 aliphatic rings. The number of amides is 2. The van der Waals surface area contributed by atoms with Gasteiger partial charge in [-0.25, -0.2) is 0 Å². The quantitative estimate of drug-likeness (QED) is 0.644. The van der Waals surface area contributed by atoms with E-state index in [1.54, 1.807) is 19.0 Å². The number of carbonyl (C=O) groups excluding carboxylic acids is 2.